The van der Waals surface area contributed by atoms with E-state index < -0.39 is 0 Å². The van der Waals surface area contributed by atoms with E-state index in [9.17, 15) is 4.79 Å². The van der Waals surface area contributed by atoms with E-state index in [1.54, 1.807) is 12.1 Å². The van der Waals surface area contributed by atoms with Crippen LogP contribution in [0.4, 0.5) is 16.3 Å². The first-order valence-corrected chi connectivity index (χ1v) is 10.3. The number of anilines is 2. The number of amides is 2. The fourth-order valence-electron chi connectivity index (χ4n) is 3.94. The van der Waals surface area contributed by atoms with Gasteiger partial charge in [0.1, 0.15) is 11.6 Å². The van der Waals surface area contributed by atoms with E-state index in [0.717, 1.165) is 48.3 Å². The largest absolute Gasteiger partial charge is 0.356 e. The van der Waals surface area contributed by atoms with Crippen LogP contribution in [0.2, 0.25) is 5.02 Å². The molecule has 4 rings (SSSR count). The van der Waals surface area contributed by atoms with E-state index in [0.29, 0.717) is 23.8 Å². The molecule has 28 heavy (non-hydrogen) atoms. The molecule has 7 heteroatoms. The number of piperidine rings is 1. The Morgan fingerprint density at radius 2 is 2.00 bits per heavy atom. The van der Waals surface area contributed by atoms with Gasteiger partial charge in [-0.3, -0.25) is 0 Å². The highest BCUT2D eigenvalue weighted by Crippen LogP contribution is 2.30. The smallest absolute Gasteiger partial charge is 0.322 e. The van der Waals surface area contributed by atoms with Crippen molar-refractivity contribution in [3.8, 4) is 0 Å². The number of urea groups is 1. The summed E-state index contributed by atoms with van der Waals surface area (Å²) in [6, 6.07) is 7.10. The number of aryl methyl sites for hydroxylation is 1. The number of halogens is 1. The van der Waals surface area contributed by atoms with Gasteiger partial charge < -0.3 is 15.1 Å². The zero-order valence-corrected chi connectivity index (χ0v) is 17.2. The number of carbonyl (C=O) groups is 1. The van der Waals surface area contributed by atoms with Gasteiger partial charge in [0.15, 0.2) is 0 Å². The molecule has 1 N–H and O–H groups in total. The van der Waals surface area contributed by atoms with Crippen LogP contribution in [-0.2, 0) is 13.0 Å². The molecule has 1 aromatic carbocycles. The summed E-state index contributed by atoms with van der Waals surface area (Å²) < 4.78 is 0. The standard InChI is InChI=1S/C21H26ClN5O/c1-14-6-9-26(10-7-14)20-18-13-27(11-8-19(18)23-15(2)24-20)21(28)25-17-5-3-4-16(22)12-17/h3-5,12,14H,6-11,13H2,1-2H3,(H,25,28). The quantitative estimate of drug-likeness (QED) is 0.819. The van der Waals surface area contributed by atoms with E-state index in [1.807, 2.05) is 24.0 Å². The second kappa shape index (κ2) is 7.95. The maximum atomic E-state index is 12.8. The van der Waals surface area contributed by atoms with Gasteiger partial charge in [0, 0.05) is 42.3 Å². The van der Waals surface area contributed by atoms with Crippen LogP contribution in [0.1, 0.15) is 36.8 Å². The molecule has 0 aliphatic carbocycles. The monoisotopic (exact) mass is 399 g/mol. The Labute approximate surface area is 170 Å². The number of aromatic nitrogens is 2. The van der Waals surface area contributed by atoms with E-state index in [2.05, 4.69) is 22.1 Å². The Morgan fingerprint density at radius 3 is 2.75 bits per heavy atom. The zero-order valence-electron chi connectivity index (χ0n) is 16.4. The first-order chi connectivity index (χ1) is 13.5. The Hall–Kier alpha value is -2.34. The summed E-state index contributed by atoms with van der Waals surface area (Å²) in [5.74, 6) is 2.58. The lowest BCUT2D eigenvalue weighted by molar-refractivity contribution is 0.206. The molecule has 0 radical (unpaired) electrons. The maximum absolute atomic E-state index is 12.8. The van der Waals surface area contributed by atoms with Crippen molar-refractivity contribution in [3.05, 3.63) is 46.4 Å². The van der Waals surface area contributed by atoms with Crippen molar-refractivity contribution in [2.45, 2.75) is 39.7 Å². The predicted octanol–water partition coefficient (Wildman–Crippen LogP) is 4.26. The molecule has 2 aromatic rings. The van der Waals surface area contributed by atoms with Crippen LogP contribution in [0.15, 0.2) is 24.3 Å². The summed E-state index contributed by atoms with van der Waals surface area (Å²) in [6.07, 6.45) is 3.10. The molecular weight excluding hydrogens is 374 g/mol. The molecule has 1 saturated heterocycles. The number of nitrogens with one attached hydrogen (secondary N) is 1. The minimum atomic E-state index is -0.119. The van der Waals surface area contributed by atoms with Gasteiger partial charge in [0.2, 0.25) is 0 Å². The molecule has 148 valence electrons. The lowest BCUT2D eigenvalue weighted by atomic mass is 9.98. The van der Waals surface area contributed by atoms with Crippen molar-refractivity contribution < 1.29 is 4.79 Å². The van der Waals surface area contributed by atoms with Crippen LogP contribution in [-0.4, -0.2) is 40.5 Å². The average Bonchev–Trinajstić information content (AvgIpc) is 2.67. The fourth-order valence-corrected chi connectivity index (χ4v) is 4.13. The Kier molecular flexibility index (Phi) is 5.40. The van der Waals surface area contributed by atoms with Crippen LogP contribution in [0.3, 0.4) is 0 Å². The SMILES string of the molecule is Cc1nc2c(c(N3CCC(C)CC3)n1)CN(C(=O)Nc1cccc(Cl)c1)CC2. The molecule has 1 aromatic heterocycles. The molecule has 1 fully saturated rings. The minimum Gasteiger partial charge on any atom is -0.356 e. The number of fused-ring (bicyclic) bond motifs is 1. The number of carbonyl (C=O) groups excluding carboxylic acids is 1. The van der Waals surface area contributed by atoms with Gasteiger partial charge in [0.25, 0.3) is 0 Å². The number of nitrogens with zero attached hydrogens (tertiary/aromatic N) is 4. The van der Waals surface area contributed by atoms with E-state index in [-0.39, 0.29) is 6.03 Å². The van der Waals surface area contributed by atoms with Crippen molar-refractivity contribution in [2.24, 2.45) is 5.92 Å². The Balaban J connectivity index is 1.54. The van der Waals surface area contributed by atoms with Crippen molar-refractivity contribution >= 4 is 29.1 Å². The first-order valence-electron chi connectivity index (χ1n) is 9.92. The fraction of sp³-hybridized carbons (Fsp3) is 0.476. The lowest BCUT2D eigenvalue weighted by Gasteiger charge is -2.36. The summed E-state index contributed by atoms with van der Waals surface area (Å²) >= 11 is 6.03. The topological polar surface area (TPSA) is 61.4 Å². The summed E-state index contributed by atoms with van der Waals surface area (Å²) in [5.41, 5.74) is 2.87. The molecule has 0 spiro atoms. The normalized spacial score (nSPS) is 17.4. The Morgan fingerprint density at radius 1 is 1.21 bits per heavy atom. The summed E-state index contributed by atoms with van der Waals surface area (Å²) in [5, 5.41) is 3.55. The van der Waals surface area contributed by atoms with Gasteiger partial charge in [-0.1, -0.05) is 24.6 Å². The van der Waals surface area contributed by atoms with Crippen LogP contribution < -0.4 is 10.2 Å². The average molecular weight is 400 g/mol. The van der Waals surface area contributed by atoms with Gasteiger partial charge >= 0.3 is 6.03 Å². The molecule has 0 atom stereocenters. The molecule has 3 heterocycles. The molecule has 0 unspecified atom stereocenters. The van der Waals surface area contributed by atoms with Crippen molar-refractivity contribution in [1.82, 2.24) is 14.9 Å². The predicted molar refractivity (Wildman–Crippen MR) is 112 cm³/mol. The number of hydrogen-bond acceptors (Lipinski definition) is 4. The highest BCUT2D eigenvalue weighted by atomic mass is 35.5. The third-order valence-electron chi connectivity index (χ3n) is 5.60. The summed E-state index contributed by atoms with van der Waals surface area (Å²) in [4.78, 5) is 26.4. The molecule has 6 nitrogen and oxygen atoms in total. The van der Waals surface area contributed by atoms with Crippen LogP contribution in [0.5, 0.6) is 0 Å². The lowest BCUT2D eigenvalue weighted by Crippen LogP contribution is -2.41. The number of rotatable bonds is 2. The second-order valence-corrected chi connectivity index (χ2v) is 8.24. The van der Waals surface area contributed by atoms with Gasteiger partial charge in [-0.05, 0) is 43.9 Å². The zero-order chi connectivity index (χ0) is 19.7. The van der Waals surface area contributed by atoms with Gasteiger partial charge in [-0.25, -0.2) is 14.8 Å². The molecule has 2 amide bonds. The van der Waals surface area contributed by atoms with Crippen molar-refractivity contribution in [2.75, 3.05) is 29.9 Å². The Bertz CT molecular complexity index is 879. The third-order valence-corrected chi connectivity index (χ3v) is 5.83. The summed E-state index contributed by atoms with van der Waals surface area (Å²) in [6.45, 7) is 7.46. The van der Waals surface area contributed by atoms with Crippen LogP contribution in [0.25, 0.3) is 0 Å². The highest BCUT2D eigenvalue weighted by Gasteiger charge is 2.28. The van der Waals surface area contributed by atoms with Crippen molar-refractivity contribution in [1.29, 1.82) is 0 Å². The van der Waals surface area contributed by atoms with Crippen LogP contribution in [0, 0.1) is 12.8 Å². The first kappa shape index (κ1) is 19.0. The second-order valence-electron chi connectivity index (χ2n) is 7.80. The van der Waals surface area contributed by atoms with Crippen LogP contribution >= 0.6 is 11.6 Å². The number of hydrogen-bond donors (Lipinski definition) is 1. The molecule has 2 aliphatic rings. The van der Waals surface area contributed by atoms with E-state index in [1.165, 1.54) is 12.8 Å². The highest BCUT2D eigenvalue weighted by molar-refractivity contribution is 6.30. The van der Waals surface area contributed by atoms with Crippen molar-refractivity contribution in [3.63, 3.8) is 0 Å². The molecule has 0 saturated carbocycles. The number of benzene rings is 1. The van der Waals surface area contributed by atoms with Gasteiger partial charge in [-0.2, -0.15) is 0 Å². The molecular formula is C21H26ClN5O. The summed E-state index contributed by atoms with van der Waals surface area (Å²) in [7, 11) is 0. The molecule has 2 aliphatic heterocycles. The minimum absolute atomic E-state index is 0.119. The van der Waals surface area contributed by atoms with E-state index >= 15 is 0 Å². The van der Waals surface area contributed by atoms with Gasteiger partial charge in [0.05, 0.1) is 12.2 Å². The maximum Gasteiger partial charge on any atom is 0.322 e. The van der Waals surface area contributed by atoms with E-state index in [4.69, 9.17) is 16.6 Å². The molecule has 0 bridgehead atoms. The van der Waals surface area contributed by atoms with Gasteiger partial charge in [-0.15, -0.1) is 0 Å². The third kappa shape index (κ3) is 4.07.